The van der Waals surface area contributed by atoms with Crippen molar-refractivity contribution in [2.45, 2.75) is 58.9 Å². The van der Waals surface area contributed by atoms with Gasteiger partial charge in [0.05, 0.1) is 13.2 Å². The highest BCUT2D eigenvalue weighted by Crippen LogP contribution is 2.40. The normalized spacial score (nSPS) is 17.0. The van der Waals surface area contributed by atoms with E-state index < -0.39 is 0 Å². The first kappa shape index (κ1) is 20.3. The highest BCUT2D eigenvalue weighted by Gasteiger charge is 2.27. The number of ether oxygens (including phenoxy) is 1. The van der Waals surface area contributed by atoms with Gasteiger partial charge in [-0.15, -0.1) is 12.4 Å². The number of morpholine rings is 1. The molecule has 1 aliphatic heterocycles. The van der Waals surface area contributed by atoms with Crippen LogP contribution in [0.25, 0.3) is 0 Å². The lowest BCUT2D eigenvalue weighted by atomic mass is 9.78. The molecular formula is C19H32ClNO2. The molecule has 0 aliphatic carbocycles. The summed E-state index contributed by atoms with van der Waals surface area (Å²) in [4.78, 5) is 2.43. The standard InChI is InChI=1S/C19H31NO2.ClH/c1-18(2,3)15-11-14(13-20-7-9-22-10-8-20)12-16(17(15)21)19(4,5)6;/h11-12,21H,7-10,13H2,1-6H3;1H. The van der Waals surface area contributed by atoms with Crippen molar-refractivity contribution in [2.75, 3.05) is 26.3 Å². The van der Waals surface area contributed by atoms with Crippen LogP contribution in [0.15, 0.2) is 12.1 Å². The van der Waals surface area contributed by atoms with Gasteiger partial charge in [0.15, 0.2) is 0 Å². The minimum absolute atomic E-state index is 0. The van der Waals surface area contributed by atoms with Gasteiger partial charge in [0.25, 0.3) is 0 Å². The molecule has 1 aliphatic rings. The first-order chi connectivity index (χ1) is 10.1. The lowest BCUT2D eigenvalue weighted by Crippen LogP contribution is -2.35. The van der Waals surface area contributed by atoms with Crippen LogP contribution in [0.4, 0.5) is 0 Å². The largest absolute Gasteiger partial charge is 0.507 e. The van der Waals surface area contributed by atoms with E-state index in [4.69, 9.17) is 4.74 Å². The molecule has 1 aromatic rings. The fraction of sp³-hybridized carbons (Fsp3) is 0.684. The lowest BCUT2D eigenvalue weighted by molar-refractivity contribution is 0.0341. The van der Waals surface area contributed by atoms with Crippen molar-refractivity contribution >= 4 is 12.4 Å². The second-order valence-corrected chi connectivity index (χ2v) is 8.43. The van der Waals surface area contributed by atoms with Gasteiger partial charge < -0.3 is 9.84 Å². The maximum absolute atomic E-state index is 10.8. The molecule has 0 saturated carbocycles. The second-order valence-electron chi connectivity index (χ2n) is 8.43. The molecule has 1 N–H and O–H groups in total. The van der Waals surface area contributed by atoms with E-state index >= 15 is 0 Å². The fourth-order valence-electron chi connectivity index (χ4n) is 2.95. The van der Waals surface area contributed by atoms with E-state index in [0.29, 0.717) is 5.75 Å². The van der Waals surface area contributed by atoms with Crippen LogP contribution in [0.1, 0.15) is 58.2 Å². The van der Waals surface area contributed by atoms with Crippen LogP contribution in [0, 0.1) is 0 Å². The molecule has 0 atom stereocenters. The van der Waals surface area contributed by atoms with E-state index in [9.17, 15) is 5.11 Å². The summed E-state index contributed by atoms with van der Waals surface area (Å²) in [5.41, 5.74) is 3.25. The smallest absolute Gasteiger partial charge is 0.123 e. The summed E-state index contributed by atoms with van der Waals surface area (Å²) >= 11 is 0. The molecule has 0 spiro atoms. The molecule has 132 valence electrons. The Balaban J connectivity index is 0.00000264. The van der Waals surface area contributed by atoms with Crippen molar-refractivity contribution in [3.05, 3.63) is 28.8 Å². The Hall–Kier alpha value is -0.770. The van der Waals surface area contributed by atoms with Crippen LogP contribution in [0.2, 0.25) is 0 Å². The maximum Gasteiger partial charge on any atom is 0.123 e. The van der Waals surface area contributed by atoms with Gasteiger partial charge in [-0.1, -0.05) is 53.7 Å². The highest BCUT2D eigenvalue weighted by atomic mass is 35.5. The van der Waals surface area contributed by atoms with E-state index in [2.05, 4.69) is 58.6 Å². The van der Waals surface area contributed by atoms with Crippen molar-refractivity contribution in [3.63, 3.8) is 0 Å². The van der Waals surface area contributed by atoms with Crippen LogP contribution in [-0.4, -0.2) is 36.3 Å². The molecule has 4 heteroatoms. The summed E-state index contributed by atoms with van der Waals surface area (Å²) in [6.45, 7) is 17.5. The van der Waals surface area contributed by atoms with E-state index in [1.165, 1.54) is 5.56 Å². The number of hydrogen-bond acceptors (Lipinski definition) is 3. The molecular weight excluding hydrogens is 310 g/mol. The fourth-order valence-corrected chi connectivity index (χ4v) is 2.95. The van der Waals surface area contributed by atoms with Crippen LogP contribution in [-0.2, 0) is 22.1 Å². The van der Waals surface area contributed by atoms with Crippen molar-refractivity contribution in [3.8, 4) is 5.75 Å². The molecule has 0 bridgehead atoms. The molecule has 0 amide bonds. The third-order valence-corrected chi connectivity index (χ3v) is 4.30. The Labute approximate surface area is 147 Å². The zero-order valence-corrected chi connectivity index (χ0v) is 16.2. The summed E-state index contributed by atoms with van der Waals surface area (Å²) in [5.74, 6) is 0.464. The van der Waals surface area contributed by atoms with Gasteiger partial charge >= 0.3 is 0 Å². The van der Waals surface area contributed by atoms with Crippen LogP contribution >= 0.6 is 12.4 Å². The van der Waals surface area contributed by atoms with E-state index in [1.54, 1.807) is 0 Å². The minimum Gasteiger partial charge on any atom is -0.507 e. The predicted molar refractivity (Wildman–Crippen MR) is 98.9 cm³/mol. The van der Waals surface area contributed by atoms with Gasteiger partial charge in [-0.2, -0.15) is 0 Å². The summed E-state index contributed by atoms with van der Waals surface area (Å²) in [6, 6.07) is 4.36. The van der Waals surface area contributed by atoms with Crippen molar-refractivity contribution in [2.24, 2.45) is 0 Å². The van der Waals surface area contributed by atoms with Crippen molar-refractivity contribution < 1.29 is 9.84 Å². The zero-order chi connectivity index (χ0) is 16.5. The molecule has 1 aromatic carbocycles. The van der Waals surface area contributed by atoms with Gasteiger partial charge in [0, 0.05) is 19.6 Å². The number of benzene rings is 1. The Bertz CT molecular complexity index is 488. The molecule has 0 unspecified atom stereocenters. The number of phenolic OH excluding ortho intramolecular Hbond substituents is 1. The summed E-state index contributed by atoms with van der Waals surface area (Å²) in [7, 11) is 0. The first-order valence-electron chi connectivity index (χ1n) is 8.26. The molecule has 2 rings (SSSR count). The van der Waals surface area contributed by atoms with Crippen LogP contribution in [0.5, 0.6) is 5.75 Å². The molecule has 3 nitrogen and oxygen atoms in total. The van der Waals surface area contributed by atoms with Crippen LogP contribution < -0.4 is 0 Å². The molecule has 0 radical (unpaired) electrons. The predicted octanol–water partition coefficient (Wildman–Crippen LogP) is 4.24. The number of halogens is 1. The number of hydrogen-bond donors (Lipinski definition) is 1. The van der Waals surface area contributed by atoms with Crippen molar-refractivity contribution in [1.82, 2.24) is 4.90 Å². The van der Waals surface area contributed by atoms with E-state index in [-0.39, 0.29) is 23.2 Å². The average molecular weight is 342 g/mol. The SMILES string of the molecule is CC(C)(C)c1cc(CN2CCOCC2)cc(C(C)(C)C)c1O.Cl. The van der Waals surface area contributed by atoms with Gasteiger partial charge in [-0.05, 0) is 27.5 Å². The van der Waals surface area contributed by atoms with Gasteiger partial charge in [0.1, 0.15) is 5.75 Å². The Morgan fingerprint density at radius 2 is 1.39 bits per heavy atom. The zero-order valence-electron chi connectivity index (χ0n) is 15.4. The monoisotopic (exact) mass is 341 g/mol. The maximum atomic E-state index is 10.8. The average Bonchev–Trinajstić information content (AvgIpc) is 2.39. The van der Waals surface area contributed by atoms with Gasteiger partial charge in [-0.3, -0.25) is 4.90 Å². The molecule has 23 heavy (non-hydrogen) atoms. The third-order valence-electron chi connectivity index (χ3n) is 4.30. The number of aromatic hydroxyl groups is 1. The highest BCUT2D eigenvalue weighted by molar-refractivity contribution is 5.85. The Morgan fingerprint density at radius 1 is 0.957 bits per heavy atom. The summed E-state index contributed by atoms with van der Waals surface area (Å²) < 4.78 is 5.43. The Kier molecular flexibility index (Phi) is 6.54. The summed E-state index contributed by atoms with van der Waals surface area (Å²) in [5, 5.41) is 10.8. The number of rotatable bonds is 2. The second kappa shape index (κ2) is 7.42. The molecule has 1 heterocycles. The first-order valence-corrected chi connectivity index (χ1v) is 8.26. The quantitative estimate of drug-likeness (QED) is 0.873. The van der Waals surface area contributed by atoms with E-state index in [1.807, 2.05) is 0 Å². The van der Waals surface area contributed by atoms with Gasteiger partial charge in [0.2, 0.25) is 0 Å². The van der Waals surface area contributed by atoms with Gasteiger partial charge in [-0.25, -0.2) is 0 Å². The number of phenols is 1. The topological polar surface area (TPSA) is 32.7 Å². The molecule has 1 fully saturated rings. The van der Waals surface area contributed by atoms with E-state index in [0.717, 1.165) is 44.0 Å². The van der Waals surface area contributed by atoms with Crippen molar-refractivity contribution in [1.29, 1.82) is 0 Å². The molecule has 1 saturated heterocycles. The third kappa shape index (κ3) is 5.10. The number of nitrogens with zero attached hydrogens (tertiary/aromatic N) is 1. The molecule has 0 aromatic heterocycles. The Morgan fingerprint density at radius 3 is 1.78 bits per heavy atom. The van der Waals surface area contributed by atoms with Crippen LogP contribution in [0.3, 0.4) is 0 Å². The summed E-state index contributed by atoms with van der Waals surface area (Å²) in [6.07, 6.45) is 0. The lowest BCUT2D eigenvalue weighted by Gasteiger charge is -2.31. The minimum atomic E-state index is -0.0644.